The molecule has 2 fully saturated rings. The number of methoxy groups -OCH3 is 1. The first-order chi connectivity index (χ1) is 16.0. The molecule has 33 heavy (non-hydrogen) atoms. The average Bonchev–Trinajstić information content (AvgIpc) is 3.45. The van der Waals surface area contributed by atoms with Crippen molar-refractivity contribution in [2.45, 2.75) is 26.4 Å². The minimum absolute atomic E-state index is 0.0690. The Kier molecular flexibility index (Phi) is 5.80. The summed E-state index contributed by atoms with van der Waals surface area (Å²) in [5, 5.41) is 10.8. The van der Waals surface area contributed by atoms with E-state index in [0.29, 0.717) is 18.8 Å². The molecule has 4 heterocycles. The van der Waals surface area contributed by atoms with E-state index in [4.69, 9.17) is 14.5 Å². The number of piperazine rings is 1. The van der Waals surface area contributed by atoms with Gasteiger partial charge in [-0.15, -0.1) is 0 Å². The maximum absolute atomic E-state index is 11.7. The summed E-state index contributed by atoms with van der Waals surface area (Å²) < 4.78 is 13.9. The van der Waals surface area contributed by atoms with Crippen molar-refractivity contribution in [3.63, 3.8) is 0 Å². The normalized spacial score (nSPS) is 19.5. The van der Waals surface area contributed by atoms with Crippen LogP contribution in [0.1, 0.15) is 18.9 Å². The zero-order valence-corrected chi connectivity index (χ0v) is 19.3. The number of carbonyl (C=O) groups is 1. The first kappa shape index (κ1) is 21.5. The Bertz CT molecular complexity index is 1170. The van der Waals surface area contributed by atoms with Crippen LogP contribution >= 0.6 is 0 Å². The maximum Gasteiger partial charge on any atom is 0.241 e. The molecule has 2 atom stereocenters. The number of rotatable bonds is 6. The number of nitrogens with zero attached hydrogens (tertiary/aromatic N) is 4. The fraction of sp³-hybridized carbons (Fsp3) is 0.458. The molecule has 1 amide bonds. The van der Waals surface area contributed by atoms with Crippen LogP contribution in [0.3, 0.4) is 0 Å². The van der Waals surface area contributed by atoms with Crippen molar-refractivity contribution >= 4 is 17.1 Å². The number of aryl methyl sites for hydroxylation is 1. The summed E-state index contributed by atoms with van der Waals surface area (Å²) in [4.78, 5) is 18.9. The van der Waals surface area contributed by atoms with Crippen LogP contribution in [0.4, 0.5) is 5.69 Å². The second-order valence-electron chi connectivity index (χ2n) is 8.77. The zero-order valence-electron chi connectivity index (χ0n) is 19.3. The van der Waals surface area contributed by atoms with Gasteiger partial charge in [0, 0.05) is 56.2 Å². The SMILES string of the molecule is COc1cc(-c2cn3ncc(C)c3c(OC(C)[C@H]3CNC(=O)C3)n2)ccc1N1CCNCC1. The number of anilines is 1. The van der Waals surface area contributed by atoms with Gasteiger partial charge < -0.3 is 25.0 Å². The van der Waals surface area contributed by atoms with Gasteiger partial charge in [-0.25, -0.2) is 9.50 Å². The molecule has 1 unspecified atom stereocenters. The minimum atomic E-state index is -0.158. The van der Waals surface area contributed by atoms with Gasteiger partial charge in [0.05, 0.1) is 30.9 Å². The summed E-state index contributed by atoms with van der Waals surface area (Å²) in [7, 11) is 1.70. The number of hydrogen-bond donors (Lipinski definition) is 2. The van der Waals surface area contributed by atoms with Gasteiger partial charge in [0.15, 0.2) is 0 Å². The molecule has 2 aliphatic rings. The molecule has 0 radical (unpaired) electrons. The molecule has 3 aromatic rings. The highest BCUT2D eigenvalue weighted by Gasteiger charge is 2.29. The van der Waals surface area contributed by atoms with Crippen LogP contribution in [0, 0.1) is 12.8 Å². The van der Waals surface area contributed by atoms with Gasteiger partial charge in [0.25, 0.3) is 0 Å². The molecule has 2 saturated heterocycles. The minimum Gasteiger partial charge on any atom is -0.495 e. The third kappa shape index (κ3) is 4.20. The first-order valence-corrected chi connectivity index (χ1v) is 11.5. The van der Waals surface area contributed by atoms with E-state index in [1.165, 1.54) is 0 Å². The summed E-state index contributed by atoms with van der Waals surface area (Å²) >= 11 is 0. The van der Waals surface area contributed by atoms with Gasteiger partial charge in [-0.3, -0.25) is 4.79 Å². The van der Waals surface area contributed by atoms with Crippen LogP contribution in [0.2, 0.25) is 0 Å². The zero-order chi connectivity index (χ0) is 22.9. The van der Waals surface area contributed by atoms with Gasteiger partial charge in [-0.05, 0) is 26.0 Å². The van der Waals surface area contributed by atoms with E-state index >= 15 is 0 Å². The topological polar surface area (TPSA) is 93.0 Å². The predicted octanol–water partition coefficient (Wildman–Crippen LogP) is 2.03. The van der Waals surface area contributed by atoms with Crippen molar-refractivity contribution in [1.82, 2.24) is 25.2 Å². The van der Waals surface area contributed by atoms with Gasteiger partial charge >= 0.3 is 0 Å². The molecular formula is C24H30N6O3. The van der Waals surface area contributed by atoms with Gasteiger partial charge in [-0.1, -0.05) is 6.07 Å². The van der Waals surface area contributed by atoms with Crippen molar-refractivity contribution in [3.8, 4) is 22.9 Å². The van der Waals surface area contributed by atoms with Crippen molar-refractivity contribution in [2.75, 3.05) is 44.7 Å². The van der Waals surface area contributed by atoms with Gasteiger partial charge in [0.2, 0.25) is 11.8 Å². The highest BCUT2D eigenvalue weighted by molar-refractivity contribution is 5.78. The van der Waals surface area contributed by atoms with Crippen molar-refractivity contribution < 1.29 is 14.3 Å². The average molecular weight is 451 g/mol. The Morgan fingerprint density at radius 2 is 2.06 bits per heavy atom. The lowest BCUT2D eigenvalue weighted by atomic mass is 10.0. The van der Waals surface area contributed by atoms with Crippen molar-refractivity contribution in [3.05, 3.63) is 36.2 Å². The Balaban J connectivity index is 1.50. The second kappa shape index (κ2) is 8.90. The van der Waals surface area contributed by atoms with E-state index in [0.717, 1.165) is 60.0 Å². The molecular weight excluding hydrogens is 420 g/mol. The van der Waals surface area contributed by atoms with Crippen LogP contribution in [0.15, 0.2) is 30.6 Å². The van der Waals surface area contributed by atoms with Crippen LogP contribution in [0.25, 0.3) is 16.8 Å². The Hall–Kier alpha value is -3.33. The number of fused-ring (bicyclic) bond motifs is 1. The van der Waals surface area contributed by atoms with Crippen molar-refractivity contribution in [2.24, 2.45) is 5.92 Å². The molecule has 9 heteroatoms. The van der Waals surface area contributed by atoms with Crippen molar-refractivity contribution in [1.29, 1.82) is 0 Å². The number of hydrogen-bond acceptors (Lipinski definition) is 7. The number of benzene rings is 1. The van der Waals surface area contributed by atoms with E-state index in [9.17, 15) is 4.79 Å². The van der Waals surface area contributed by atoms with E-state index in [1.807, 2.05) is 36.8 Å². The standard InChI is InChI=1S/C24H30N6O3/c1-15-12-27-30-14-19(28-24(23(15)30)33-16(2)18-11-22(31)26-13-18)17-4-5-20(21(10-17)32-3)29-8-6-25-7-9-29/h4-5,10,12,14,16,18,25H,6-9,11,13H2,1-3H3,(H,26,31)/t16?,18-/m1/s1. The number of aromatic nitrogens is 3. The fourth-order valence-electron chi connectivity index (χ4n) is 4.58. The smallest absolute Gasteiger partial charge is 0.241 e. The van der Waals surface area contributed by atoms with Gasteiger partial charge in [0.1, 0.15) is 17.4 Å². The molecule has 2 aliphatic heterocycles. The fourth-order valence-corrected chi connectivity index (χ4v) is 4.58. The molecule has 2 aromatic heterocycles. The summed E-state index contributed by atoms with van der Waals surface area (Å²) in [5.74, 6) is 1.53. The van der Waals surface area contributed by atoms with Gasteiger partial charge in [-0.2, -0.15) is 5.10 Å². The molecule has 5 rings (SSSR count). The molecule has 0 aliphatic carbocycles. The molecule has 174 valence electrons. The lowest BCUT2D eigenvalue weighted by molar-refractivity contribution is -0.119. The summed E-state index contributed by atoms with van der Waals surface area (Å²) in [6, 6.07) is 6.19. The van der Waals surface area contributed by atoms with E-state index < -0.39 is 0 Å². The third-order valence-electron chi connectivity index (χ3n) is 6.55. The Morgan fingerprint density at radius 1 is 1.24 bits per heavy atom. The third-order valence-corrected chi connectivity index (χ3v) is 6.55. The largest absolute Gasteiger partial charge is 0.495 e. The monoisotopic (exact) mass is 450 g/mol. The highest BCUT2D eigenvalue weighted by atomic mass is 16.5. The Labute approximate surface area is 193 Å². The summed E-state index contributed by atoms with van der Waals surface area (Å²) in [6.07, 6.45) is 4.04. The molecule has 2 N–H and O–H groups in total. The molecule has 0 bridgehead atoms. The molecule has 0 saturated carbocycles. The van der Waals surface area contributed by atoms with Crippen LogP contribution in [-0.4, -0.2) is 66.4 Å². The first-order valence-electron chi connectivity index (χ1n) is 11.5. The van der Waals surface area contributed by atoms with Crippen LogP contribution in [-0.2, 0) is 4.79 Å². The van der Waals surface area contributed by atoms with E-state index in [2.05, 4.69) is 32.8 Å². The second-order valence-corrected chi connectivity index (χ2v) is 8.77. The number of amides is 1. The Morgan fingerprint density at radius 3 is 2.79 bits per heavy atom. The molecule has 9 nitrogen and oxygen atoms in total. The summed E-state index contributed by atoms with van der Waals surface area (Å²) in [5.41, 5.74) is 4.59. The quantitative estimate of drug-likeness (QED) is 0.594. The van der Waals surface area contributed by atoms with E-state index in [1.54, 1.807) is 7.11 Å². The number of carbonyl (C=O) groups excluding carboxylic acids is 1. The predicted molar refractivity (Wildman–Crippen MR) is 126 cm³/mol. The highest BCUT2D eigenvalue weighted by Crippen LogP contribution is 2.35. The molecule has 0 spiro atoms. The van der Waals surface area contributed by atoms with Crippen LogP contribution in [0.5, 0.6) is 11.6 Å². The van der Waals surface area contributed by atoms with E-state index in [-0.39, 0.29) is 17.9 Å². The van der Waals surface area contributed by atoms with Crippen LogP contribution < -0.4 is 25.0 Å². The summed E-state index contributed by atoms with van der Waals surface area (Å²) in [6.45, 7) is 8.42. The number of nitrogens with one attached hydrogen (secondary N) is 2. The lowest BCUT2D eigenvalue weighted by Gasteiger charge is -2.30. The number of ether oxygens (including phenoxy) is 2. The maximum atomic E-state index is 11.7. The lowest BCUT2D eigenvalue weighted by Crippen LogP contribution is -2.43. The molecule has 1 aromatic carbocycles.